The number of carbonyl (C=O) groups excluding carboxylic acids is 2. The van der Waals surface area contributed by atoms with Gasteiger partial charge in [0.15, 0.2) is 0 Å². The lowest BCUT2D eigenvalue weighted by Gasteiger charge is -2.28. The lowest BCUT2D eigenvalue weighted by molar-refractivity contribution is 0.0713. The SMILES string of the molecule is NC(=O)c1cc2n(c1)CCN(C(=O)c1csc3ccccc13)C2. The van der Waals surface area contributed by atoms with Crippen molar-refractivity contribution in [2.45, 2.75) is 13.1 Å². The third-order valence-corrected chi connectivity index (χ3v) is 5.20. The lowest BCUT2D eigenvalue weighted by Crippen LogP contribution is -2.37. The van der Waals surface area contributed by atoms with Gasteiger partial charge in [0.05, 0.1) is 17.7 Å². The van der Waals surface area contributed by atoms with Crippen molar-refractivity contribution in [3.63, 3.8) is 0 Å². The Balaban J connectivity index is 1.64. The van der Waals surface area contributed by atoms with Crippen molar-refractivity contribution in [1.29, 1.82) is 0 Å². The smallest absolute Gasteiger partial charge is 0.255 e. The van der Waals surface area contributed by atoms with Gasteiger partial charge >= 0.3 is 0 Å². The molecule has 0 unspecified atom stereocenters. The fraction of sp³-hybridized carbons (Fsp3) is 0.176. The van der Waals surface area contributed by atoms with Crippen LogP contribution in [0, 0.1) is 0 Å². The Morgan fingerprint density at radius 1 is 1.17 bits per heavy atom. The van der Waals surface area contributed by atoms with E-state index >= 15 is 0 Å². The first-order valence-corrected chi connectivity index (χ1v) is 8.26. The quantitative estimate of drug-likeness (QED) is 0.786. The third-order valence-electron chi connectivity index (χ3n) is 4.23. The molecule has 3 heterocycles. The zero-order valence-electron chi connectivity index (χ0n) is 12.4. The van der Waals surface area contributed by atoms with Crippen molar-refractivity contribution in [1.82, 2.24) is 9.47 Å². The highest BCUT2D eigenvalue weighted by atomic mass is 32.1. The second kappa shape index (κ2) is 5.24. The minimum absolute atomic E-state index is 0.0375. The van der Waals surface area contributed by atoms with E-state index in [0.29, 0.717) is 25.2 Å². The number of benzene rings is 1. The summed E-state index contributed by atoms with van der Waals surface area (Å²) in [6.45, 7) is 1.80. The summed E-state index contributed by atoms with van der Waals surface area (Å²) in [5.74, 6) is -0.399. The summed E-state index contributed by atoms with van der Waals surface area (Å²) in [7, 11) is 0. The summed E-state index contributed by atoms with van der Waals surface area (Å²) in [5.41, 5.74) is 7.52. The number of carbonyl (C=O) groups is 2. The van der Waals surface area contributed by atoms with Crippen molar-refractivity contribution in [3.05, 3.63) is 58.7 Å². The monoisotopic (exact) mass is 325 g/mol. The Kier molecular flexibility index (Phi) is 3.20. The highest BCUT2D eigenvalue weighted by molar-refractivity contribution is 7.17. The van der Waals surface area contributed by atoms with Crippen molar-refractivity contribution >= 4 is 33.2 Å². The van der Waals surface area contributed by atoms with Gasteiger partial charge in [-0.05, 0) is 12.1 Å². The van der Waals surface area contributed by atoms with E-state index in [1.54, 1.807) is 23.6 Å². The fourth-order valence-electron chi connectivity index (χ4n) is 3.02. The number of nitrogens with two attached hydrogens (primary N) is 1. The molecule has 2 aromatic heterocycles. The van der Waals surface area contributed by atoms with E-state index in [1.807, 2.05) is 39.1 Å². The molecule has 3 aromatic rings. The van der Waals surface area contributed by atoms with Crippen LogP contribution in [0.1, 0.15) is 26.4 Å². The molecule has 0 aliphatic carbocycles. The van der Waals surface area contributed by atoms with Crippen LogP contribution in [0.3, 0.4) is 0 Å². The molecule has 2 amide bonds. The molecule has 0 saturated heterocycles. The first-order valence-electron chi connectivity index (χ1n) is 7.38. The highest BCUT2D eigenvalue weighted by Gasteiger charge is 2.24. The number of fused-ring (bicyclic) bond motifs is 2. The maximum Gasteiger partial charge on any atom is 0.255 e. The average molecular weight is 325 g/mol. The minimum atomic E-state index is -0.436. The Bertz CT molecular complexity index is 925. The molecule has 4 rings (SSSR count). The molecule has 0 atom stereocenters. The molecule has 1 aliphatic rings. The number of rotatable bonds is 2. The van der Waals surface area contributed by atoms with Crippen LogP contribution in [0.2, 0.25) is 0 Å². The molecule has 0 bridgehead atoms. The molecule has 6 heteroatoms. The number of primary amides is 1. The molecule has 1 aromatic carbocycles. The van der Waals surface area contributed by atoms with Gasteiger partial charge in [-0.2, -0.15) is 0 Å². The van der Waals surface area contributed by atoms with Crippen LogP contribution in [0.25, 0.3) is 10.1 Å². The highest BCUT2D eigenvalue weighted by Crippen LogP contribution is 2.28. The van der Waals surface area contributed by atoms with Gasteiger partial charge in [0.2, 0.25) is 5.91 Å². The predicted molar refractivity (Wildman–Crippen MR) is 89.5 cm³/mol. The van der Waals surface area contributed by atoms with Gasteiger partial charge in [0.1, 0.15) is 0 Å². The second-order valence-electron chi connectivity index (χ2n) is 5.65. The molecule has 0 radical (unpaired) electrons. The number of hydrogen-bond acceptors (Lipinski definition) is 3. The van der Waals surface area contributed by atoms with Crippen LogP contribution >= 0.6 is 11.3 Å². The molecular formula is C17H15N3O2S. The molecule has 5 nitrogen and oxygen atoms in total. The fourth-order valence-corrected chi connectivity index (χ4v) is 3.95. The molecule has 116 valence electrons. The molecule has 0 saturated carbocycles. The number of aromatic nitrogens is 1. The average Bonchev–Trinajstić information content (AvgIpc) is 3.17. The van der Waals surface area contributed by atoms with Crippen LogP contribution < -0.4 is 5.73 Å². The topological polar surface area (TPSA) is 68.3 Å². The first kappa shape index (κ1) is 14.0. The number of nitrogens with zero attached hydrogens (tertiary/aromatic N) is 2. The molecule has 0 spiro atoms. The van der Waals surface area contributed by atoms with E-state index in [9.17, 15) is 9.59 Å². The summed E-state index contributed by atoms with van der Waals surface area (Å²) in [6, 6.07) is 9.71. The first-order chi connectivity index (χ1) is 11.1. The van der Waals surface area contributed by atoms with E-state index in [2.05, 4.69) is 0 Å². The van der Waals surface area contributed by atoms with E-state index in [0.717, 1.165) is 21.3 Å². The van der Waals surface area contributed by atoms with Crippen molar-refractivity contribution < 1.29 is 9.59 Å². The number of thiophene rings is 1. The maximum absolute atomic E-state index is 12.9. The van der Waals surface area contributed by atoms with Crippen LogP contribution in [0.4, 0.5) is 0 Å². The van der Waals surface area contributed by atoms with Gasteiger partial charge in [-0.25, -0.2) is 0 Å². The summed E-state index contributed by atoms with van der Waals surface area (Å²) >= 11 is 1.59. The van der Waals surface area contributed by atoms with Gasteiger partial charge in [0, 0.05) is 40.4 Å². The normalized spacial score (nSPS) is 14.0. The zero-order valence-corrected chi connectivity index (χ0v) is 13.2. The Hall–Kier alpha value is -2.60. The van der Waals surface area contributed by atoms with Crippen molar-refractivity contribution in [2.75, 3.05) is 6.54 Å². The van der Waals surface area contributed by atoms with Crippen molar-refractivity contribution in [3.8, 4) is 0 Å². The van der Waals surface area contributed by atoms with Crippen LogP contribution in [0.15, 0.2) is 41.9 Å². The number of amides is 2. The maximum atomic E-state index is 12.9. The van der Waals surface area contributed by atoms with Crippen LogP contribution in [-0.2, 0) is 13.1 Å². The van der Waals surface area contributed by atoms with Gasteiger partial charge in [-0.15, -0.1) is 11.3 Å². The summed E-state index contributed by atoms with van der Waals surface area (Å²) in [5, 5.41) is 2.93. The summed E-state index contributed by atoms with van der Waals surface area (Å²) in [6.07, 6.45) is 1.76. The van der Waals surface area contributed by atoms with E-state index < -0.39 is 5.91 Å². The van der Waals surface area contributed by atoms with Gasteiger partial charge < -0.3 is 15.2 Å². The molecule has 0 fully saturated rings. The molecule has 23 heavy (non-hydrogen) atoms. The second-order valence-corrected chi connectivity index (χ2v) is 6.56. The Morgan fingerprint density at radius 3 is 2.83 bits per heavy atom. The van der Waals surface area contributed by atoms with E-state index in [-0.39, 0.29) is 5.91 Å². The predicted octanol–water partition coefficient (Wildman–Crippen LogP) is 2.46. The Morgan fingerprint density at radius 2 is 2.00 bits per heavy atom. The van der Waals surface area contributed by atoms with Gasteiger partial charge in [-0.3, -0.25) is 9.59 Å². The van der Waals surface area contributed by atoms with Crippen LogP contribution in [0.5, 0.6) is 0 Å². The van der Waals surface area contributed by atoms with E-state index in [1.165, 1.54) is 0 Å². The Labute approximate surface area is 136 Å². The zero-order chi connectivity index (χ0) is 16.0. The lowest BCUT2D eigenvalue weighted by atomic mass is 10.1. The van der Waals surface area contributed by atoms with E-state index in [4.69, 9.17) is 5.73 Å². The molecule has 1 aliphatic heterocycles. The van der Waals surface area contributed by atoms with Gasteiger partial charge in [-0.1, -0.05) is 18.2 Å². The molecular weight excluding hydrogens is 310 g/mol. The summed E-state index contributed by atoms with van der Waals surface area (Å²) in [4.78, 5) is 26.0. The third kappa shape index (κ3) is 2.31. The number of hydrogen-bond donors (Lipinski definition) is 1. The van der Waals surface area contributed by atoms with Crippen molar-refractivity contribution in [2.24, 2.45) is 5.73 Å². The minimum Gasteiger partial charge on any atom is -0.366 e. The molecule has 2 N–H and O–H groups in total. The summed E-state index contributed by atoms with van der Waals surface area (Å²) < 4.78 is 3.11. The largest absolute Gasteiger partial charge is 0.366 e. The van der Waals surface area contributed by atoms with Gasteiger partial charge in [0.25, 0.3) is 5.91 Å². The standard InChI is InChI=1S/C17H15N3O2S/c18-16(21)11-7-12-9-20(6-5-19(12)8-11)17(22)14-10-23-15-4-2-1-3-13(14)15/h1-4,7-8,10H,5-6,9H2,(H2,18,21). The van der Waals surface area contributed by atoms with Crippen LogP contribution in [-0.4, -0.2) is 27.8 Å².